The lowest BCUT2D eigenvalue weighted by Crippen LogP contribution is -2.26. The predicted octanol–water partition coefficient (Wildman–Crippen LogP) is 12.1. The zero-order valence-electron chi connectivity index (χ0n) is 26.7. The van der Waals surface area contributed by atoms with Crippen LogP contribution in [0, 0.1) is 17.8 Å². The van der Waals surface area contributed by atoms with Crippen molar-refractivity contribution in [2.45, 2.75) is 13.3 Å². The van der Waals surface area contributed by atoms with Crippen molar-refractivity contribution in [3.05, 3.63) is 193 Å². The molecule has 0 bridgehead atoms. The normalized spacial score (nSPS) is 19.0. The van der Waals surface area contributed by atoms with Crippen LogP contribution < -0.4 is 9.80 Å². The van der Waals surface area contributed by atoms with Gasteiger partial charge in [0.1, 0.15) is 0 Å². The fourth-order valence-corrected chi connectivity index (χ4v) is 7.39. The van der Waals surface area contributed by atoms with Crippen LogP contribution in [0.2, 0.25) is 0 Å². The summed E-state index contributed by atoms with van der Waals surface area (Å²) in [6.45, 7) is 2.37. The quantitative estimate of drug-likeness (QED) is 0.178. The fraction of sp³-hybridized carbons (Fsp3) is 0.111. The number of anilines is 4. The van der Waals surface area contributed by atoms with E-state index >= 15 is 0 Å². The molecule has 0 amide bonds. The third kappa shape index (κ3) is 5.57. The minimum absolute atomic E-state index is 0.379. The van der Waals surface area contributed by atoms with Gasteiger partial charge in [0.2, 0.25) is 0 Å². The standard InChI is InChI=1S/C45H38N2/c1-33-32-40(47(38-20-6-3-7-21-38)45-25-13-17-35-15-9-11-23-43(35)45)30-31-41(33)36-26-28-39(29-27-36)46(37-18-4-2-5-19-37)44-24-12-16-34-14-8-10-22-42(34)44/h2-26,28-33,36,41H,27H2,1H3. The van der Waals surface area contributed by atoms with Crippen molar-refractivity contribution >= 4 is 44.3 Å². The summed E-state index contributed by atoms with van der Waals surface area (Å²) in [5, 5.41) is 5.01. The van der Waals surface area contributed by atoms with E-state index in [9.17, 15) is 0 Å². The molecular formula is C45H38N2. The fourth-order valence-electron chi connectivity index (χ4n) is 7.39. The Hall–Kier alpha value is -5.60. The molecule has 3 unspecified atom stereocenters. The molecule has 0 radical (unpaired) electrons. The monoisotopic (exact) mass is 606 g/mol. The molecule has 47 heavy (non-hydrogen) atoms. The van der Waals surface area contributed by atoms with Crippen LogP contribution in [0.15, 0.2) is 193 Å². The van der Waals surface area contributed by atoms with Crippen LogP contribution in [0.25, 0.3) is 21.5 Å². The number of hydrogen-bond donors (Lipinski definition) is 0. The first-order valence-corrected chi connectivity index (χ1v) is 16.7. The second kappa shape index (κ2) is 12.7. The summed E-state index contributed by atoms with van der Waals surface area (Å²) in [4.78, 5) is 4.83. The van der Waals surface area contributed by atoms with Crippen LogP contribution in [0.1, 0.15) is 13.3 Å². The summed E-state index contributed by atoms with van der Waals surface area (Å²) in [5.41, 5.74) is 7.19. The van der Waals surface area contributed by atoms with E-state index in [-0.39, 0.29) is 0 Å². The summed E-state index contributed by atoms with van der Waals surface area (Å²) in [6, 6.07) is 52.0. The van der Waals surface area contributed by atoms with Crippen molar-refractivity contribution < 1.29 is 0 Å². The molecular weight excluding hydrogens is 569 g/mol. The predicted molar refractivity (Wildman–Crippen MR) is 200 cm³/mol. The Bertz CT molecular complexity index is 2140. The number of allylic oxidation sites excluding steroid dienone is 6. The Morgan fingerprint density at radius 2 is 0.979 bits per heavy atom. The molecule has 6 aromatic rings. The van der Waals surface area contributed by atoms with Gasteiger partial charge in [0.25, 0.3) is 0 Å². The minimum Gasteiger partial charge on any atom is -0.310 e. The van der Waals surface area contributed by atoms with Gasteiger partial charge < -0.3 is 9.80 Å². The highest BCUT2D eigenvalue weighted by Crippen LogP contribution is 2.42. The number of para-hydroxylation sites is 2. The van der Waals surface area contributed by atoms with E-state index in [2.05, 4.69) is 199 Å². The maximum Gasteiger partial charge on any atom is 0.0539 e. The van der Waals surface area contributed by atoms with Crippen molar-refractivity contribution in [2.24, 2.45) is 17.8 Å². The average Bonchev–Trinajstić information content (AvgIpc) is 3.13. The molecule has 0 saturated carbocycles. The lowest BCUT2D eigenvalue weighted by atomic mass is 9.76. The largest absolute Gasteiger partial charge is 0.310 e. The van der Waals surface area contributed by atoms with Crippen molar-refractivity contribution in [3.8, 4) is 0 Å². The van der Waals surface area contributed by atoms with Gasteiger partial charge in [-0.25, -0.2) is 0 Å². The van der Waals surface area contributed by atoms with E-state index in [1.165, 1.54) is 55.7 Å². The van der Waals surface area contributed by atoms with E-state index in [1.54, 1.807) is 0 Å². The number of rotatable bonds is 7. The maximum atomic E-state index is 2.47. The lowest BCUT2D eigenvalue weighted by Gasteiger charge is -2.35. The van der Waals surface area contributed by atoms with Gasteiger partial charge in [-0.15, -0.1) is 0 Å². The van der Waals surface area contributed by atoms with Gasteiger partial charge in [0.05, 0.1) is 11.4 Å². The van der Waals surface area contributed by atoms with E-state index in [0.717, 1.165) is 6.42 Å². The number of fused-ring (bicyclic) bond motifs is 2. The molecule has 0 saturated heterocycles. The van der Waals surface area contributed by atoms with Gasteiger partial charge in [-0.05, 0) is 83.5 Å². The van der Waals surface area contributed by atoms with Crippen molar-refractivity contribution in [2.75, 3.05) is 9.80 Å². The lowest BCUT2D eigenvalue weighted by molar-refractivity contribution is 0.387. The highest BCUT2D eigenvalue weighted by atomic mass is 15.2. The molecule has 228 valence electrons. The van der Waals surface area contributed by atoms with Crippen LogP contribution in [0.5, 0.6) is 0 Å². The van der Waals surface area contributed by atoms with Gasteiger partial charge in [0, 0.05) is 33.5 Å². The summed E-state index contributed by atoms with van der Waals surface area (Å²) < 4.78 is 0. The summed E-state index contributed by atoms with van der Waals surface area (Å²) in [6.07, 6.45) is 15.5. The molecule has 2 heteroatoms. The zero-order chi connectivity index (χ0) is 31.6. The van der Waals surface area contributed by atoms with Gasteiger partial charge >= 0.3 is 0 Å². The maximum absolute atomic E-state index is 2.47. The summed E-state index contributed by atoms with van der Waals surface area (Å²) >= 11 is 0. The van der Waals surface area contributed by atoms with Crippen LogP contribution in [0.3, 0.4) is 0 Å². The summed E-state index contributed by atoms with van der Waals surface area (Å²) in [7, 11) is 0. The molecule has 0 aromatic heterocycles. The molecule has 0 aliphatic heterocycles. The topological polar surface area (TPSA) is 6.48 Å². The molecule has 8 rings (SSSR count). The molecule has 2 nitrogen and oxygen atoms in total. The Morgan fingerprint density at radius 3 is 1.51 bits per heavy atom. The molecule has 0 spiro atoms. The SMILES string of the molecule is CC1C=C(N(c2ccccc2)c2cccc3ccccc23)C=CC1C1C=CC(N(c2ccccc2)c2cccc3ccccc23)=CC1. The average molecular weight is 607 g/mol. The van der Waals surface area contributed by atoms with Gasteiger partial charge in [-0.1, -0.05) is 140 Å². The van der Waals surface area contributed by atoms with Crippen LogP contribution in [-0.2, 0) is 0 Å². The van der Waals surface area contributed by atoms with Gasteiger partial charge in [-0.2, -0.15) is 0 Å². The Balaban J connectivity index is 1.09. The molecule has 2 aliphatic rings. The molecule has 0 N–H and O–H groups in total. The van der Waals surface area contributed by atoms with Crippen molar-refractivity contribution in [1.82, 2.24) is 0 Å². The molecule has 0 fully saturated rings. The van der Waals surface area contributed by atoms with E-state index in [1.807, 2.05) is 0 Å². The second-order valence-corrected chi connectivity index (χ2v) is 12.6. The first kappa shape index (κ1) is 28.8. The summed E-state index contributed by atoms with van der Waals surface area (Å²) in [5.74, 6) is 1.22. The second-order valence-electron chi connectivity index (χ2n) is 12.6. The van der Waals surface area contributed by atoms with E-state index < -0.39 is 0 Å². The zero-order valence-corrected chi connectivity index (χ0v) is 26.7. The van der Waals surface area contributed by atoms with Gasteiger partial charge in [0.15, 0.2) is 0 Å². The first-order valence-electron chi connectivity index (χ1n) is 16.7. The van der Waals surface area contributed by atoms with Crippen molar-refractivity contribution in [3.63, 3.8) is 0 Å². The number of benzene rings is 6. The third-order valence-electron chi connectivity index (χ3n) is 9.70. The Labute approximate surface area is 277 Å². The minimum atomic E-state index is 0.379. The van der Waals surface area contributed by atoms with Crippen molar-refractivity contribution in [1.29, 1.82) is 0 Å². The Morgan fingerprint density at radius 1 is 0.489 bits per heavy atom. The molecule has 2 aliphatic carbocycles. The molecule has 6 aromatic carbocycles. The van der Waals surface area contributed by atoms with Crippen LogP contribution in [0.4, 0.5) is 22.7 Å². The first-order chi connectivity index (χ1) is 23.2. The number of hydrogen-bond acceptors (Lipinski definition) is 2. The highest BCUT2D eigenvalue weighted by molar-refractivity contribution is 5.98. The highest BCUT2D eigenvalue weighted by Gasteiger charge is 2.29. The molecule has 0 heterocycles. The van der Waals surface area contributed by atoms with Gasteiger partial charge in [-0.3, -0.25) is 0 Å². The Kier molecular flexibility index (Phi) is 7.77. The van der Waals surface area contributed by atoms with E-state index in [4.69, 9.17) is 0 Å². The molecule has 3 atom stereocenters. The van der Waals surface area contributed by atoms with E-state index in [0.29, 0.717) is 17.8 Å². The number of nitrogens with zero attached hydrogens (tertiary/aromatic N) is 2. The third-order valence-corrected chi connectivity index (χ3v) is 9.70. The van der Waals surface area contributed by atoms with Crippen LogP contribution in [-0.4, -0.2) is 0 Å². The van der Waals surface area contributed by atoms with Crippen LogP contribution >= 0.6 is 0 Å². The smallest absolute Gasteiger partial charge is 0.0539 e.